The number of thioether (sulfide) groups is 1. The van der Waals surface area contributed by atoms with Crippen LogP contribution in [0.15, 0.2) is 23.4 Å². The molecule has 0 aliphatic heterocycles. The first-order valence-electron chi connectivity index (χ1n) is 8.19. The molecule has 1 heterocycles. The number of carbonyl (C=O) groups excluding carboxylic acids is 1. The number of amides is 1. The monoisotopic (exact) mass is 416 g/mol. The zero-order valence-corrected chi connectivity index (χ0v) is 17.3. The summed E-state index contributed by atoms with van der Waals surface area (Å²) in [4.78, 5) is 11.9. The molecule has 0 spiro atoms. The van der Waals surface area contributed by atoms with Crippen LogP contribution >= 0.6 is 35.0 Å². The topological polar surface area (TPSA) is 69.0 Å². The Kier molecular flexibility index (Phi) is 8.21. The minimum atomic E-state index is -0.0720. The Morgan fingerprint density at radius 2 is 2.12 bits per heavy atom. The number of benzene rings is 1. The molecular weight excluding hydrogens is 395 g/mol. The number of aromatic nitrogens is 3. The lowest BCUT2D eigenvalue weighted by Gasteiger charge is -2.13. The van der Waals surface area contributed by atoms with Gasteiger partial charge < -0.3 is 14.6 Å². The quantitative estimate of drug-likeness (QED) is 0.497. The molecule has 0 fully saturated rings. The van der Waals surface area contributed by atoms with Gasteiger partial charge in [0.05, 0.1) is 17.4 Å². The van der Waals surface area contributed by atoms with Crippen LogP contribution in [0, 0.1) is 5.92 Å². The van der Waals surface area contributed by atoms with Crippen molar-refractivity contribution in [3.63, 3.8) is 0 Å². The van der Waals surface area contributed by atoms with Crippen LogP contribution in [0.3, 0.4) is 0 Å². The number of nitrogens with zero attached hydrogens (tertiary/aromatic N) is 3. The van der Waals surface area contributed by atoms with Crippen LogP contribution in [-0.2, 0) is 16.1 Å². The van der Waals surface area contributed by atoms with E-state index in [2.05, 4.69) is 29.4 Å². The summed E-state index contributed by atoms with van der Waals surface area (Å²) in [5.74, 6) is 1.24. The molecule has 2 aromatic rings. The lowest BCUT2D eigenvalue weighted by atomic mass is 10.2. The highest BCUT2D eigenvalue weighted by molar-refractivity contribution is 7.99. The van der Waals surface area contributed by atoms with Crippen molar-refractivity contribution >= 4 is 40.9 Å². The predicted octanol–water partition coefficient (Wildman–Crippen LogP) is 3.76. The summed E-state index contributed by atoms with van der Waals surface area (Å²) in [5, 5.41) is 13.1. The molecule has 0 bridgehead atoms. The van der Waals surface area contributed by atoms with E-state index in [-0.39, 0.29) is 11.7 Å². The first kappa shape index (κ1) is 21.0. The molecule has 1 aromatic heterocycles. The van der Waals surface area contributed by atoms with Gasteiger partial charge in [0.25, 0.3) is 0 Å². The number of nitrogens with one attached hydrogen (secondary N) is 1. The third-order valence-corrected chi connectivity index (χ3v) is 4.91. The molecule has 2 rings (SSSR count). The van der Waals surface area contributed by atoms with Crippen LogP contribution < -0.4 is 5.32 Å². The fourth-order valence-corrected chi connectivity index (χ4v) is 3.54. The van der Waals surface area contributed by atoms with E-state index in [1.54, 1.807) is 19.2 Å². The van der Waals surface area contributed by atoms with Crippen molar-refractivity contribution in [1.82, 2.24) is 20.1 Å². The summed E-state index contributed by atoms with van der Waals surface area (Å²) < 4.78 is 6.91. The zero-order chi connectivity index (χ0) is 19.1. The molecule has 1 aromatic carbocycles. The molecule has 0 saturated heterocycles. The Balaban J connectivity index is 2.19. The van der Waals surface area contributed by atoms with Crippen molar-refractivity contribution in [1.29, 1.82) is 0 Å². The van der Waals surface area contributed by atoms with Gasteiger partial charge in [0.1, 0.15) is 0 Å². The number of carbonyl (C=O) groups is 1. The lowest BCUT2D eigenvalue weighted by molar-refractivity contribution is -0.118. The van der Waals surface area contributed by atoms with Crippen molar-refractivity contribution in [3.05, 3.63) is 28.2 Å². The summed E-state index contributed by atoms with van der Waals surface area (Å²) in [5.41, 5.74) is 0.764. The second-order valence-corrected chi connectivity index (χ2v) is 7.85. The van der Waals surface area contributed by atoms with E-state index in [9.17, 15) is 4.79 Å². The third kappa shape index (κ3) is 5.87. The summed E-state index contributed by atoms with van der Waals surface area (Å²) in [6, 6.07) is 5.29. The van der Waals surface area contributed by atoms with E-state index in [0.717, 1.165) is 12.1 Å². The Morgan fingerprint density at radius 3 is 2.77 bits per heavy atom. The summed E-state index contributed by atoms with van der Waals surface area (Å²) in [6.07, 6.45) is 0. The average molecular weight is 417 g/mol. The minimum absolute atomic E-state index is 0.0720. The number of halogens is 2. The molecule has 0 unspecified atom stereocenters. The van der Waals surface area contributed by atoms with Gasteiger partial charge in [-0.1, -0.05) is 48.8 Å². The molecule has 0 atom stereocenters. The van der Waals surface area contributed by atoms with E-state index in [1.807, 2.05) is 10.6 Å². The van der Waals surface area contributed by atoms with Gasteiger partial charge >= 0.3 is 0 Å². The van der Waals surface area contributed by atoms with Crippen LogP contribution in [0.4, 0.5) is 0 Å². The standard InChI is InChI=1S/C17H22Cl2N4O2S/c1-11(2)9-23-16(13-5-4-12(18)8-14(13)19)21-22-17(23)26-10-15(24)20-6-7-25-3/h4-5,8,11H,6-7,9-10H2,1-3H3,(H,20,24). The Bertz CT molecular complexity index is 752. The maximum Gasteiger partial charge on any atom is 0.230 e. The molecule has 9 heteroatoms. The predicted molar refractivity (Wildman–Crippen MR) is 106 cm³/mol. The minimum Gasteiger partial charge on any atom is -0.383 e. The van der Waals surface area contributed by atoms with Crippen LogP contribution in [-0.4, -0.2) is 46.7 Å². The van der Waals surface area contributed by atoms with Gasteiger partial charge in [0.2, 0.25) is 5.91 Å². The summed E-state index contributed by atoms with van der Waals surface area (Å²) >= 11 is 13.7. The molecule has 1 N–H and O–H groups in total. The van der Waals surface area contributed by atoms with Crippen molar-refractivity contribution in [3.8, 4) is 11.4 Å². The average Bonchev–Trinajstić information content (AvgIpc) is 2.95. The molecule has 6 nitrogen and oxygen atoms in total. The van der Waals surface area contributed by atoms with Crippen LogP contribution in [0.25, 0.3) is 11.4 Å². The number of rotatable bonds is 9. The molecule has 0 aliphatic carbocycles. The van der Waals surface area contributed by atoms with Crippen molar-refractivity contribution in [2.24, 2.45) is 5.92 Å². The maximum atomic E-state index is 11.9. The van der Waals surface area contributed by atoms with E-state index in [4.69, 9.17) is 27.9 Å². The van der Waals surface area contributed by atoms with Crippen LogP contribution in [0.5, 0.6) is 0 Å². The molecule has 26 heavy (non-hydrogen) atoms. The molecule has 0 aliphatic rings. The fourth-order valence-electron chi connectivity index (χ4n) is 2.27. The normalized spacial score (nSPS) is 11.2. The van der Waals surface area contributed by atoms with Gasteiger partial charge in [-0.2, -0.15) is 0 Å². The Labute approximate surface area is 167 Å². The molecule has 1 amide bonds. The van der Waals surface area contributed by atoms with Gasteiger partial charge in [0.15, 0.2) is 11.0 Å². The highest BCUT2D eigenvalue weighted by Gasteiger charge is 2.18. The number of methoxy groups -OCH3 is 1. The second-order valence-electron chi connectivity index (χ2n) is 6.07. The second kappa shape index (κ2) is 10.2. The van der Waals surface area contributed by atoms with Gasteiger partial charge in [-0.25, -0.2) is 0 Å². The third-order valence-electron chi connectivity index (χ3n) is 3.40. The number of hydrogen-bond acceptors (Lipinski definition) is 5. The molecule has 0 saturated carbocycles. The van der Waals surface area contributed by atoms with Crippen molar-refractivity contribution in [2.45, 2.75) is 25.5 Å². The SMILES string of the molecule is COCCNC(=O)CSc1nnc(-c2ccc(Cl)cc2Cl)n1CC(C)C. The van der Waals surface area contributed by atoms with E-state index >= 15 is 0 Å². The molecule has 0 radical (unpaired) electrons. The first-order valence-corrected chi connectivity index (χ1v) is 9.93. The fraction of sp³-hybridized carbons (Fsp3) is 0.471. The largest absolute Gasteiger partial charge is 0.383 e. The first-order chi connectivity index (χ1) is 12.4. The Hall–Kier alpha value is -1.28. The van der Waals surface area contributed by atoms with Gasteiger partial charge in [-0.05, 0) is 24.1 Å². The lowest BCUT2D eigenvalue weighted by Crippen LogP contribution is -2.28. The van der Waals surface area contributed by atoms with Gasteiger partial charge in [-0.15, -0.1) is 10.2 Å². The number of ether oxygens (including phenoxy) is 1. The smallest absolute Gasteiger partial charge is 0.230 e. The molecular formula is C17H22Cl2N4O2S. The summed E-state index contributed by atoms with van der Waals surface area (Å²) in [7, 11) is 1.60. The van der Waals surface area contributed by atoms with E-state index in [1.165, 1.54) is 11.8 Å². The van der Waals surface area contributed by atoms with Gasteiger partial charge in [0, 0.05) is 30.8 Å². The van der Waals surface area contributed by atoms with Crippen molar-refractivity contribution in [2.75, 3.05) is 26.0 Å². The maximum absolute atomic E-state index is 11.9. The van der Waals surface area contributed by atoms with Gasteiger partial charge in [-0.3, -0.25) is 4.79 Å². The molecule has 142 valence electrons. The number of hydrogen-bond donors (Lipinski definition) is 1. The van der Waals surface area contributed by atoms with E-state index < -0.39 is 0 Å². The Morgan fingerprint density at radius 1 is 1.35 bits per heavy atom. The van der Waals surface area contributed by atoms with Crippen molar-refractivity contribution < 1.29 is 9.53 Å². The van der Waals surface area contributed by atoms with Crippen LogP contribution in [0.1, 0.15) is 13.8 Å². The van der Waals surface area contributed by atoms with E-state index in [0.29, 0.717) is 40.1 Å². The zero-order valence-electron chi connectivity index (χ0n) is 15.0. The highest BCUT2D eigenvalue weighted by atomic mass is 35.5. The van der Waals surface area contributed by atoms with Crippen LogP contribution in [0.2, 0.25) is 10.0 Å². The summed E-state index contributed by atoms with van der Waals surface area (Å²) in [6.45, 7) is 5.91. The highest BCUT2D eigenvalue weighted by Crippen LogP contribution is 2.31.